The molecule has 0 radical (unpaired) electrons. The number of carbonyl (C=O) groups is 1. The second-order valence-corrected chi connectivity index (χ2v) is 6.73. The van der Waals surface area contributed by atoms with E-state index in [9.17, 15) is 13.6 Å². The first-order chi connectivity index (χ1) is 14.4. The highest BCUT2D eigenvalue weighted by atomic mass is 19.1. The summed E-state index contributed by atoms with van der Waals surface area (Å²) in [6.45, 7) is 3.77. The summed E-state index contributed by atoms with van der Waals surface area (Å²) in [5.41, 5.74) is 6.72. The van der Waals surface area contributed by atoms with Crippen LogP contribution in [0.15, 0.2) is 47.5 Å². The van der Waals surface area contributed by atoms with Crippen LogP contribution in [0.25, 0.3) is 5.57 Å². The van der Waals surface area contributed by atoms with Gasteiger partial charge < -0.3 is 20.8 Å². The van der Waals surface area contributed by atoms with E-state index in [1.165, 1.54) is 36.4 Å². The molecule has 1 fully saturated rings. The highest BCUT2D eigenvalue weighted by Crippen LogP contribution is 2.22. The summed E-state index contributed by atoms with van der Waals surface area (Å²) in [6, 6.07) is 6.88. The Balaban J connectivity index is 1.86. The number of nitrogens with zero attached hydrogens (tertiary/aromatic N) is 3. The van der Waals surface area contributed by atoms with E-state index in [1.54, 1.807) is 6.07 Å². The zero-order valence-electron chi connectivity index (χ0n) is 16.3. The van der Waals surface area contributed by atoms with E-state index < -0.39 is 11.9 Å². The fourth-order valence-corrected chi connectivity index (χ4v) is 3.02. The lowest BCUT2D eigenvalue weighted by Gasteiger charge is -2.32. The number of pyridine rings is 1. The van der Waals surface area contributed by atoms with Crippen molar-refractivity contribution in [1.82, 2.24) is 4.98 Å². The second kappa shape index (κ2) is 9.36. The molecule has 1 atom stereocenters. The van der Waals surface area contributed by atoms with Crippen LogP contribution >= 0.6 is 0 Å². The SMILES string of the molecule is CC1CN(c2ccc(F)c(/N=C(N)/C=C(\C=N)c3ccc(C(=O)F)cc3)n2)CCO1. The minimum Gasteiger partial charge on any atom is -0.384 e. The Morgan fingerprint density at radius 3 is 2.63 bits per heavy atom. The predicted octanol–water partition coefficient (Wildman–Crippen LogP) is 3.28. The first kappa shape index (κ1) is 21.3. The van der Waals surface area contributed by atoms with E-state index in [0.29, 0.717) is 36.7 Å². The molecule has 156 valence electrons. The lowest BCUT2D eigenvalue weighted by atomic mass is 10.0. The Morgan fingerprint density at radius 2 is 2.00 bits per heavy atom. The van der Waals surface area contributed by atoms with E-state index in [-0.39, 0.29) is 23.3 Å². The number of hydrogen-bond donors (Lipinski definition) is 2. The number of aromatic nitrogens is 1. The van der Waals surface area contributed by atoms with Crippen LogP contribution < -0.4 is 10.6 Å². The molecule has 2 aromatic rings. The maximum atomic E-state index is 14.2. The average Bonchev–Trinajstić information content (AvgIpc) is 2.73. The van der Waals surface area contributed by atoms with Crippen molar-refractivity contribution in [2.75, 3.05) is 24.6 Å². The molecule has 1 aromatic carbocycles. The van der Waals surface area contributed by atoms with Gasteiger partial charge >= 0.3 is 6.04 Å². The maximum absolute atomic E-state index is 14.2. The van der Waals surface area contributed by atoms with Crippen molar-refractivity contribution in [2.24, 2.45) is 10.7 Å². The van der Waals surface area contributed by atoms with Gasteiger partial charge in [-0.2, -0.15) is 4.39 Å². The van der Waals surface area contributed by atoms with E-state index in [1.807, 2.05) is 11.8 Å². The van der Waals surface area contributed by atoms with Gasteiger partial charge in [0.15, 0.2) is 11.6 Å². The minimum absolute atomic E-state index is 0.0415. The summed E-state index contributed by atoms with van der Waals surface area (Å²) in [5.74, 6) is -0.277. The fraction of sp³-hybridized carbons (Fsp3) is 0.238. The van der Waals surface area contributed by atoms with Crippen molar-refractivity contribution in [1.29, 1.82) is 5.41 Å². The molecule has 2 heterocycles. The molecule has 9 heteroatoms. The van der Waals surface area contributed by atoms with Crippen molar-refractivity contribution in [3.63, 3.8) is 0 Å². The number of rotatable bonds is 6. The zero-order chi connectivity index (χ0) is 21.7. The summed E-state index contributed by atoms with van der Waals surface area (Å²) in [6.07, 6.45) is 2.45. The molecule has 0 bridgehead atoms. The molecule has 7 nitrogen and oxygen atoms in total. The lowest BCUT2D eigenvalue weighted by Crippen LogP contribution is -2.41. The number of nitrogens with one attached hydrogen (secondary N) is 1. The Morgan fingerprint density at radius 1 is 1.30 bits per heavy atom. The predicted molar refractivity (Wildman–Crippen MR) is 112 cm³/mol. The highest BCUT2D eigenvalue weighted by molar-refractivity contribution is 6.16. The van der Waals surface area contributed by atoms with Gasteiger partial charge in [-0.25, -0.2) is 14.4 Å². The van der Waals surface area contributed by atoms with Gasteiger partial charge in [0.1, 0.15) is 11.7 Å². The topological polar surface area (TPSA) is 105 Å². The molecule has 30 heavy (non-hydrogen) atoms. The number of morpholine rings is 1. The number of allylic oxidation sites excluding steroid dienone is 1. The van der Waals surface area contributed by atoms with Gasteiger partial charge in [0, 0.05) is 24.9 Å². The Hall–Kier alpha value is -3.46. The largest absolute Gasteiger partial charge is 0.384 e. The van der Waals surface area contributed by atoms with Gasteiger partial charge in [-0.15, -0.1) is 0 Å². The number of carbonyl (C=O) groups excluding carboxylic acids is 1. The summed E-state index contributed by atoms with van der Waals surface area (Å²) in [7, 11) is 0. The molecule has 1 unspecified atom stereocenters. The number of anilines is 1. The summed E-state index contributed by atoms with van der Waals surface area (Å²) >= 11 is 0. The van der Waals surface area contributed by atoms with Crippen LogP contribution in [0.5, 0.6) is 0 Å². The molecule has 3 rings (SSSR count). The normalized spacial score (nSPS) is 17.7. The van der Waals surface area contributed by atoms with Gasteiger partial charge in [0.05, 0.1) is 18.3 Å². The second-order valence-electron chi connectivity index (χ2n) is 6.73. The Bertz CT molecular complexity index is 1000. The average molecular weight is 413 g/mol. The fourth-order valence-electron chi connectivity index (χ4n) is 3.02. The standard InChI is InChI=1S/C21H21F2N5O2/c1-13-12-28(8-9-30-13)19-7-6-17(22)21(27-19)26-18(25)10-16(11-24)14-2-4-15(5-3-14)20(23)29/h2-7,10-11,13,24H,8-9,12H2,1H3,(H2,25,26,27)/b16-10+,24-11?. The van der Waals surface area contributed by atoms with E-state index in [0.717, 1.165) is 6.21 Å². The molecule has 3 N–H and O–H groups in total. The molecular weight excluding hydrogens is 392 g/mol. The van der Waals surface area contributed by atoms with Gasteiger partial charge in [-0.05, 0) is 42.8 Å². The zero-order valence-corrected chi connectivity index (χ0v) is 16.3. The number of halogens is 2. The molecule has 0 amide bonds. The smallest absolute Gasteiger partial charge is 0.332 e. The van der Waals surface area contributed by atoms with Crippen molar-refractivity contribution >= 4 is 35.3 Å². The first-order valence-corrected chi connectivity index (χ1v) is 9.27. The molecule has 0 saturated carbocycles. The number of ether oxygens (including phenoxy) is 1. The van der Waals surface area contributed by atoms with Crippen LogP contribution in [0.2, 0.25) is 0 Å². The van der Waals surface area contributed by atoms with Crippen LogP contribution in [-0.4, -0.2) is 48.9 Å². The molecule has 1 aliphatic heterocycles. The van der Waals surface area contributed by atoms with Gasteiger partial charge in [-0.1, -0.05) is 12.1 Å². The summed E-state index contributed by atoms with van der Waals surface area (Å²) < 4.78 is 32.5. The highest BCUT2D eigenvalue weighted by Gasteiger charge is 2.19. The van der Waals surface area contributed by atoms with Crippen molar-refractivity contribution in [2.45, 2.75) is 13.0 Å². The van der Waals surface area contributed by atoms with Crippen LogP contribution in [0, 0.1) is 11.2 Å². The van der Waals surface area contributed by atoms with E-state index in [2.05, 4.69) is 9.98 Å². The third-order valence-electron chi connectivity index (χ3n) is 4.52. The lowest BCUT2D eigenvalue weighted by molar-refractivity contribution is 0.0529. The number of aliphatic imine (C=N–C) groups is 1. The van der Waals surface area contributed by atoms with Crippen LogP contribution in [0.1, 0.15) is 22.8 Å². The molecule has 1 aromatic heterocycles. The van der Waals surface area contributed by atoms with Crippen LogP contribution in [0.3, 0.4) is 0 Å². The molecular formula is C21H21F2N5O2. The quantitative estimate of drug-likeness (QED) is 0.430. The van der Waals surface area contributed by atoms with Gasteiger partial charge in [0.25, 0.3) is 0 Å². The van der Waals surface area contributed by atoms with Crippen molar-refractivity contribution in [3.05, 3.63) is 59.4 Å². The van der Waals surface area contributed by atoms with Crippen molar-refractivity contribution in [3.8, 4) is 0 Å². The maximum Gasteiger partial charge on any atom is 0.332 e. The van der Waals surface area contributed by atoms with Gasteiger partial charge in [-0.3, -0.25) is 4.79 Å². The van der Waals surface area contributed by atoms with Crippen LogP contribution in [0.4, 0.5) is 20.4 Å². The van der Waals surface area contributed by atoms with E-state index >= 15 is 0 Å². The minimum atomic E-state index is -1.54. The molecule has 0 spiro atoms. The molecule has 0 aliphatic carbocycles. The monoisotopic (exact) mass is 413 g/mol. The Kier molecular flexibility index (Phi) is 6.63. The third-order valence-corrected chi connectivity index (χ3v) is 4.52. The van der Waals surface area contributed by atoms with Gasteiger partial charge in [0.2, 0.25) is 0 Å². The molecule has 1 saturated heterocycles. The number of benzene rings is 1. The number of hydrogen-bond acceptors (Lipinski definition) is 6. The first-order valence-electron chi connectivity index (χ1n) is 9.27. The third kappa shape index (κ3) is 5.12. The molecule has 1 aliphatic rings. The summed E-state index contributed by atoms with van der Waals surface area (Å²) in [5, 5.41) is 7.58. The van der Waals surface area contributed by atoms with Crippen LogP contribution in [-0.2, 0) is 4.74 Å². The summed E-state index contributed by atoms with van der Waals surface area (Å²) in [4.78, 5) is 21.1. The number of amidine groups is 1. The van der Waals surface area contributed by atoms with Crippen molar-refractivity contribution < 1.29 is 18.3 Å². The van der Waals surface area contributed by atoms with E-state index in [4.69, 9.17) is 15.9 Å². The Labute approximate surface area is 172 Å². The number of nitrogens with two attached hydrogens (primary N) is 1.